The maximum atomic E-state index is 6.08. The highest BCUT2D eigenvalue weighted by Gasteiger charge is 2.12. The standard InChI is InChI=1S/C13H15Cl3N4O/c1-7(2)5-17-6-11-19-20-13(21-11)18-12-9(15)3-8(14)4-10(12)16/h3-4,7,17H,5-6H2,1-2H3,(H,18,20). The summed E-state index contributed by atoms with van der Waals surface area (Å²) in [7, 11) is 0. The van der Waals surface area contributed by atoms with Gasteiger partial charge in [0.1, 0.15) is 0 Å². The van der Waals surface area contributed by atoms with E-state index >= 15 is 0 Å². The van der Waals surface area contributed by atoms with Gasteiger partial charge in [-0.1, -0.05) is 53.7 Å². The molecule has 0 radical (unpaired) electrons. The van der Waals surface area contributed by atoms with Gasteiger partial charge in [-0.25, -0.2) is 0 Å². The third-order valence-electron chi connectivity index (χ3n) is 2.53. The first-order valence-corrected chi connectivity index (χ1v) is 7.53. The number of halogens is 3. The van der Waals surface area contributed by atoms with Gasteiger partial charge in [0.25, 0.3) is 0 Å². The zero-order chi connectivity index (χ0) is 15.4. The predicted molar refractivity (Wildman–Crippen MR) is 85.6 cm³/mol. The second-order valence-corrected chi connectivity index (χ2v) is 6.15. The molecule has 0 aliphatic carbocycles. The van der Waals surface area contributed by atoms with E-state index in [0.29, 0.717) is 39.1 Å². The Bertz CT molecular complexity index is 592. The van der Waals surface area contributed by atoms with Crippen LogP contribution in [-0.2, 0) is 6.54 Å². The lowest BCUT2D eigenvalue weighted by Gasteiger charge is -2.07. The number of nitrogens with zero attached hydrogens (tertiary/aromatic N) is 2. The van der Waals surface area contributed by atoms with Crippen molar-refractivity contribution < 1.29 is 4.42 Å². The Balaban J connectivity index is 2.03. The largest absolute Gasteiger partial charge is 0.406 e. The van der Waals surface area contributed by atoms with E-state index in [1.54, 1.807) is 12.1 Å². The van der Waals surface area contributed by atoms with Crippen molar-refractivity contribution in [3.8, 4) is 0 Å². The molecule has 0 aliphatic rings. The Morgan fingerprint density at radius 1 is 1.14 bits per heavy atom. The molecular formula is C13H15Cl3N4O. The Morgan fingerprint density at radius 3 is 2.43 bits per heavy atom. The molecule has 2 N–H and O–H groups in total. The van der Waals surface area contributed by atoms with E-state index < -0.39 is 0 Å². The summed E-state index contributed by atoms with van der Waals surface area (Å²) >= 11 is 18.0. The van der Waals surface area contributed by atoms with Gasteiger partial charge < -0.3 is 15.1 Å². The van der Waals surface area contributed by atoms with Crippen LogP contribution in [0.1, 0.15) is 19.7 Å². The molecule has 1 heterocycles. The zero-order valence-electron chi connectivity index (χ0n) is 11.6. The summed E-state index contributed by atoms with van der Waals surface area (Å²) in [5, 5.41) is 15.2. The quantitative estimate of drug-likeness (QED) is 0.803. The third kappa shape index (κ3) is 4.74. The molecule has 0 aliphatic heterocycles. The van der Waals surface area contributed by atoms with Crippen LogP contribution < -0.4 is 10.6 Å². The molecule has 0 bridgehead atoms. The van der Waals surface area contributed by atoms with Gasteiger partial charge in [0, 0.05) is 5.02 Å². The number of anilines is 2. The van der Waals surface area contributed by atoms with E-state index in [0.717, 1.165) is 6.54 Å². The van der Waals surface area contributed by atoms with E-state index in [1.807, 2.05) is 0 Å². The summed E-state index contributed by atoms with van der Waals surface area (Å²) < 4.78 is 5.46. The number of rotatable bonds is 6. The number of benzene rings is 1. The first-order valence-electron chi connectivity index (χ1n) is 6.40. The van der Waals surface area contributed by atoms with Crippen molar-refractivity contribution in [3.05, 3.63) is 33.1 Å². The van der Waals surface area contributed by atoms with Crippen molar-refractivity contribution in [3.63, 3.8) is 0 Å². The van der Waals surface area contributed by atoms with Gasteiger partial charge in [-0.15, -0.1) is 5.10 Å². The number of aromatic nitrogens is 2. The number of nitrogens with one attached hydrogen (secondary N) is 2. The molecule has 0 atom stereocenters. The van der Waals surface area contributed by atoms with Crippen molar-refractivity contribution in [2.24, 2.45) is 5.92 Å². The molecule has 0 fully saturated rings. The topological polar surface area (TPSA) is 63.0 Å². The Kier molecular flexibility index (Phi) is 5.70. The normalized spacial score (nSPS) is 11.1. The highest BCUT2D eigenvalue weighted by molar-refractivity contribution is 6.41. The van der Waals surface area contributed by atoms with Crippen LogP contribution in [0.25, 0.3) is 0 Å². The molecule has 0 saturated heterocycles. The van der Waals surface area contributed by atoms with E-state index in [4.69, 9.17) is 39.2 Å². The molecule has 2 aromatic rings. The highest BCUT2D eigenvalue weighted by Crippen LogP contribution is 2.35. The smallest absolute Gasteiger partial charge is 0.320 e. The first kappa shape index (κ1) is 16.4. The fraction of sp³-hybridized carbons (Fsp3) is 0.385. The second kappa shape index (κ2) is 7.31. The Morgan fingerprint density at radius 2 is 1.81 bits per heavy atom. The molecule has 1 aromatic heterocycles. The lowest BCUT2D eigenvalue weighted by Crippen LogP contribution is -2.19. The van der Waals surface area contributed by atoms with Crippen LogP contribution in [0.15, 0.2) is 16.5 Å². The van der Waals surface area contributed by atoms with Crippen LogP contribution in [0.5, 0.6) is 0 Å². The molecule has 0 amide bonds. The predicted octanol–water partition coefficient (Wildman–Crippen LogP) is 4.52. The average molecular weight is 350 g/mol. The molecule has 1 aromatic carbocycles. The number of hydrogen-bond acceptors (Lipinski definition) is 5. The fourth-order valence-corrected chi connectivity index (χ4v) is 2.52. The minimum Gasteiger partial charge on any atom is -0.406 e. The van der Waals surface area contributed by atoms with Crippen LogP contribution in [0.2, 0.25) is 15.1 Å². The van der Waals surface area contributed by atoms with E-state index in [2.05, 4.69) is 34.7 Å². The molecule has 8 heteroatoms. The first-order chi connectivity index (χ1) is 9.95. The minimum absolute atomic E-state index is 0.225. The minimum atomic E-state index is 0.225. The maximum absolute atomic E-state index is 6.08. The highest BCUT2D eigenvalue weighted by atomic mass is 35.5. The Hall–Kier alpha value is -1.01. The zero-order valence-corrected chi connectivity index (χ0v) is 13.9. The van der Waals surface area contributed by atoms with Crippen LogP contribution in [0, 0.1) is 5.92 Å². The molecular weight excluding hydrogens is 335 g/mol. The summed E-state index contributed by atoms with van der Waals surface area (Å²) in [4.78, 5) is 0. The van der Waals surface area contributed by atoms with E-state index in [-0.39, 0.29) is 6.01 Å². The van der Waals surface area contributed by atoms with Gasteiger partial charge in [0.15, 0.2) is 0 Å². The SMILES string of the molecule is CC(C)CNCc1nnc(Nc2c(Cl)cc(Cl)cc2Cl)o1. The number of hydrogen-bond donors (Lipinski definition) is 2. The third-order valence-corrected chi connectivity index (χ3v) is 3.35. The van der Waals surface area contributed by atoms with Gasteiger partial charge >= 0.3 is 6.01 Å². The van der Waals surface area contributed by atoms with Crippen molar-refractivity contribution in [1.82, 2.24) is 15.5 Å². The summed E-state index contributed by atoms with van der Waals surface area (Å²) in [6.45, 7) is 5.63. The summed E-state index contributed by atoms with van der Waals surface area (Å²) in [6.07, 6.45) is 0. The summed E-state index contributed by atoms with van der Waals surface area (Å²) in [5.74, 6) is 1.04. The summed E-state index contributed by atoms with van der Waals surface area (Å²) in [6, 6.07) is 3.39. The van der Waals surface area contributed by atoms with Gasteiger partial charge in [-0.2, -0.15) is 0 Å². The average Bonchev–Trinajstić information content (AvgIpc) is 2.81. The van der Waals surface area contributed by atoms with Crippen molar-refractivity contribution in [2.75, 3.05) is 11.9 Å². The van der Waals surface area contributed by atoms with Crippen LogP contribution >= 0.6 is 34.8 Å². The van der Waals surface area contributed by atoms with Gasteiger partial charge in [0.05, 0.1) is 22.3 Å². The fourth-order valence-electron chi connectivity index (χ4n) is 1.61. The summed E-state index contributed by atoms with van der Waals surface area (Å²) in [5.41, 5.74) is 0.480. The molecule has 21 heavy (non-hydrogen) atoms. The van der Waals surface area contributed by atoms with Crippen LogP contribution in [-0.4, -0.2) is 16.7 Å². The van der Waals surface area contributed by atoms with Crippen molar-refractivity contribution in [1.29, 1.82) is 0 Å². The van der Waals surface area contributed by atoms with Gasteiger partial charge in [-0.3, -0.25) is 0 Å². The molecule has 0 spiro atoms. The van der Waals surface area contributed by atoms with Crippen LogP contribution in [0.3, 0.4) is 0 Å². The monoisotopic (exact) mass is 348 g/mol. The van der Waals surface area contributed by atoms with E-state index in [9.17, 15) is 0 Å². The molecule has 0 saturated carbocycles. The van der Waals surface area contributed by atoms with Gasteiger partial charge in [-0.05, 0) is 24.6 Å². The molecule has 114 valence electrons. The van der Waals surface area contributed by atoms with Crippen molar-refractivity contribution in [2.45, 2.75) is 20.4 Å². The van der Waals surface area contributed by atoms with Crippen LogP contribution in [0.4, 0.5) is 11.7 Å². The lowest BCUT2D eigenvalue weighted by atomic mass is 10.2. The van der Waals surface area contributed by atoms with Gasteiger partial charge in [0.2, 0.25) is 5.89 Å². The lowest BCUT2D eigenvalue weighted by molar-refractivity contribution is 0.460. The van der Waals surface area contributed by atoms with Crippen molar-refractivity contribution >= 4 is 46.5 Å². The maximum Gasteiger partial charge on any atom is 0.320 e. The Labute approximate surface area is 138 Å². The second-order valence-electron chi connectivity index (χ2n) is 4.90. The molecule has 5 nitrogen and oxygen atoms in total. The molecule has 0 unspecified atom stereocenters. The van der Waals surface area contributed by atoms with E-state index in [1.165, 1.54) is 0 Å². The molecule has 2 rings (SSSR count).